The molecule has 0 fully saturated rings. The monoisotopic (exact) mass is 401 g/mol. The maximum Gasteiger partial charge on any atom is 0.255 e. The Morgan fingerprint density at radius 3 is 2.07 bits per heavy atom. The summed E-state index contributed by atoms with van der Waals surface area (Å²) in [6, 6.07) is 25.5. The molecule has 144 valence electrons. The van der Waals surface area contributed by atoms with Crippen molar-refractivity contribution in [2.45, 2.75) is 0 Å². The first-order valence-corrected chi connectivity index (χ1v) is 9.32. The van der Waals surface area contributed by atoms with Gasteiger partial charge >= 0.3 is 0 Å². The molecule has 3 aromatic rings. The van der Waals surface area contributed by atoms with E-state index in [2.05, 4.69) is 16.0 Å². The molecule has 0 aromatic heterocycles. The van der Waals surface area contributed by atoms with Crippen LogP contribution in [0, 0.1) is 0 Å². The standard InChI is InChI=1S/C23H19N3O2S/c27-21(15-14-17-8-3-1-4-9-17)26-23(29)25-20-13-7-12-19(16-20)24-22(28)18-10-5-2-6-11-18/h1-16H,(H,24,28)(H2,25,26,27,29)/b15-14+. The average Bonchev–Trinajstić information content (AvgIpc) is 2.74. The Balaban J connectivity index is 1.55. The summed E-state index contributed by atoms with van der Waals surface area (Å²) in [5.74, 6) is -0.537. The van der Waals surface area contributed by atoms with Gasteiger partial charge in [0, 0.05) is 23.0 Å². The smallest absolute Gasteiger partial charge is 0.255 e. The van der Waals surface area contributed by atoms with Gasteiger partial charge in [0.15, 0.2) is 5.11 Å². The topological polar surface area (TPSA) is 70.2 Å². The fourth-order valence-electron chi connectivity index (χ4n) is 2.52. The molecule has 3 rings (SSSR count). The number of rotatable bonds is 5. The lowest BCUT2D eigenvalue weighted by Gasteiger charge is -2.10. The molecule has 0 bridgehead atoms. The first-order valence-electron chi connectivity index (χ1n) is 8.92. The van der Waals surface area contributed by atoms with Gasteiger partial charge < -0.3 is 10.6 Å². The molecule has 0 unspecified atom stereocenters. The molecular formula is C23H19N3O2S. The summed E-state index contributed by atoms with van der Waals surface area (Å²) >= 11 is 5.19. The molecule has 3 aromatic carbocycles. The summed E-state index contributed by atoms with van der Waals surface area (Å²) < 4.78 is 0. The SMILES string of the molecule is O=C(/C=C/c1ccccc1)NC(=S)Nc1cccc(NC(=O)c2ccccc2)c1. The van der Waals surface area contributed by atoms with Crippen LogP contribution in [0.5, 0.6) is 0 Å². The highest BCUT2D eigenvalue weighted by atomic mass is 32.1. The van der Waals surface area contributed by atoms with Gasteiger partial charge in [0.05, 0.1) is 0 Å². The molecule has 0 aliphatic carbocycles. The Bertz CT molecular complexity index is 1030. The second-order valence-electron chi connectivity index (χ2n) is 6.09. The molecular weight excluding hydrogens is 382 g/mol. The number of anilines is 2. The summed E-state index contributed by atoms with van der Waals surface area (Å²) in [5.41, 5.74) is 2.75. The van der Waals surface area contributed by atoms with Gasteiger partial charge in [-0.25, -0.2) is 0 Å². The van der Waals surface area contributed by atoms with Crippen LogP contribution in [-0.2, 0) is 4.79 Å². The number of thiocarbonyl (C=S) groups is 1. The first kappa shape index (κ1) is 20.0. The second kappa shape index (κ2) is 9.96. The predicted molar refractivity (Wildman–Crippen MR) is 121 cm³/mol. The summed E-state index contributed by atoms with van der Waals surface area (Å²) in [7, 11) is 0. The van der Waals surface area contributed by atoms with E-state index in [9.17, 15) is 9.59 Å². The van der Waals surface area contributed by atoms with Crippen molar-refractivity contribution in [3.05, 3.63) is 102 Å². The quantitative estimate of drug-likeness (QED) is 0.436. The van der Waals surface area contributed by atoms with Gasteiger partial charge in [-0.3, -0.25) is 14.9 Å². The second-order valence-corrected chi connectivity index (χ2v) is 6.50. The van der Waals surface area contributed by atoms with Gasteiger partial charge in [-0.05, 0) is 54.2 Å². The van der Waals surface area contributed by atoms with Crippen molar-refractivity contribution in [3.63, 3.8) is 0 Å². The highest BCUT2D eigenvalue weighted by molar-refractivity contribution is 7.80. The Morgan fingerprint density at radius 1 is 0.759 bits per heavy atom. The summed E-state index contributed by atoms with van der Waals surface area (Å²) in [6.07, 6.45) is 3.12. The van der Waals surface area contributed by atoms with Crippen LogP contribution < -0.4 is 16.0 Å². The molecule has 0 spiro atoms. The number of hydrogen-bond donors (Lipinski definition) is 3. The lowest BCUT2D eigenvalue weighted by molar-refractivity contribution is -0.115. The van der Waals surface area contributed by atoms with Gasteiger partial charge in [-0.15, -0.1) is 0 Å². The molecule has 0 radical (unpaired) electrons. The Hall–Kier alpha value is -3.77. The predicted octanol–water partition coefficient (Wildman–Crippen LogP) is 4.47. The minimum absolute atomic E-state index is 0.166. The Labute approximate surface area is 174 Å². The third kappa shape index (κ3) is 6.41. The zero-order valence-electron chi connectivity index (χ0n) is 15.5. The lowest BCUT2D eigenvalue weighted by Crippen LogP contribution is -2.32. The molecule has 0 saturated carbocycles. The van der Waals surface area contributed by atoms with Gasteiger partial charge in [0.1, 0.15) is 0 Å². The number of nitrogens with one attached hydrogen (secondary N) is 3. The summed E-state index contributed by atoms with van der Waals surface area (Å²) in [4.78, 5) is 24.3. The van der Waals surface area contributed by atoms with Crippen molar-refractivity contribution >= 4 is 46.6 Å². The molecule has 0 aliphatic rings. The highest BCUT2D eigenvalue weighted by Crippen LogP contribution is 2.16. The Morgan fingerprint density at radius 2 is 1.38 bits per heavy atom. The Kier molecular flexibility index (Phi) is 6.86. The van der Waals surface area contributed by atoms with Gasteiger partial charge in [-0.2, -0.15) is 0 Å². The van der Waals surface area contributed by atoms with Crippen LogP contribution in [0.15, 0.2) is 91.0 Å². The van der Waals surface area contributed by atoms with Crippen LogP contribution in [0.2, 0.25) is 0 Å². The van der Waals surface area contributed by atoms with Gasteiger partial charge in [0.25, 0.3) is 5.91 Å². The van der Waals surface area contributed by atoms with E-state index in [-0.39, 0.29) is 16.9 Å². The summed E-state index contributed by atoms with van der Waals surface area (Å²) in [5, 5.41) is 8.53. The molecule has 0 heterocycles. The molecule has 29 heavy (non-hydrogen) atoms. The molecule has 5 nitrogen and oxygen atoms in total. The van der Waals surface area contributed by atoms with E-state index < -0.39 is 0 Å². The minimum Gasteiger partial charge on any atom is -0.332 e. The summed E-state index contributed by atoms with van der Waals surface area (Å²) in [6.45, 7) is 0. The van der Waals surface area contributed by atoms with E-state index in [0.29, 0.717) is 16.9 Å². The molecule has 3 N–H and O–H groups in total. The van der Waals surface area contributed by atoms with Crippen LogP contribution in [-0.4, -0.2) is 16.9 Å². The van der Waals surface area contributed by atoms with E-state index in [1.54, 1.807) is 54.6 Å². The zero-order chi connectivity index (χ0) is 20.5. The van der Waals surface area contributed by atoms with Crippen LogP contribution in [0.3, 0.4) is 0 Å². The zero-order valence-corrected chi connectivity index (χ0v) is 16.3. The molecule has 2 amide bonds. The van der Waals surface area contributed by atoms with E-state index in [1.807, 2.05) is 36.4 Å². The van der Waals surface area contributed by atoms with Crippen molar-refractivity contribution in [1.82, 2.24) is 5.32 Å². The number of carbonyl (C=O) groups is 2. The fourth-order valence-corrected chi connectivity index (χ4v) is 2.74. The third-order valence-corrected chi connectivity index (χ3v) is 4.08. The molecule has 6 heteroatoms. The molecule has 0 atom stereocenters. The van der Waals surface area contributed by atoms with E-state index in [1.165, 1.54) is 6.08 Å². The third-order valence-electron chi connectivity index (χ3n) is 3.88. The van der Waals surface area contributed by atoms with E-state index >= 15 is 0 Å². The van der Waals surface area contributed by atoms with E-state index in [4.69, 9.17) is 12.2 Å². The van der Waals surface area contributed by atoms with Gasteiger partial charge in [0.2, 0.25) is 5.91 Å². The number of benzene rings is 3. The van der Waals surface area contributed by atoms with Crippen LogP contribution in [0.4, 0.5) is 11.4 Å². The average molecular weight is 401 g/mol. The van der Waals surface area contributed by atoms with Crippen molar-refractivity contribution in [3.8, 4) is 0 Å². The first-order chi connectivity index (χ1) is 14.1. The molecule has 0 saturated heterocycles. The molecule has 0 aliphatic heterocycles. The maximum atomic E-state index is 12.3. The largest absolute Gasteiger partial charge is 0.332 e. The number of hydrogen-bond acceptors (Lipinski definition) is 3. The number of amides is 2. The lowest BCUT2D eigenvalue weighted by atomic mass is 10.2. The van der Waals surface area contributed by atoms with Crippen LogP contribution in [0.1, 0.15) is 15.9 Å². The van der Waals surface area contributed by atoms with Gasteiger partial charge in [-0.1, -0.05) is 54.6 Å². The van der Waals surface area contributed by atoms with Crippen LogP contribution in [0.25, 0.3) is 6.08 Å². The normalized spacial score (nSPS) is 10.3. The van der Waals surface area contributed by atoms with Crippen LogP contribution >= 0.6 is 12.2 Å². The van der Waals surface area contributed by atoms with Crippen molar-refractivity contribution < 1.29 is 9.59 Å². The number of carbonyl (C=O) groups excluding carboxylic acids is 2. The van der Waals surface area contributed by atoms with Crippen molar-refractivity contribution in [2.24, 2.45) is 0 Å². The maximum absolute atomic E-state index is 12.3. The highest BCUT2D eigenvalue weighted by Gasteiger charge is 2.06. The van der Waals surface area contributed by atoms with Crippen molar-refractivity contribution in [1.29, 1.82) is 0 Å². The van der Waals surface area contributed by atoms with Crippen molar-refractivity contribution in [2.75, 3.05) is 10.6 Å². The van der Waals surface area contributed by atoms with E-state index in [0.717, 1.165) is 5.56 Å². The minimum atomic E-state index is -0.333. The fraction of sp³-hybridized carbons (Fsp3) is 0.